The van der Waals surface area contributed by atoms with Crippen LogP contribution in [0.25, 0.3) is 6.08 Å². The van der Waals surface area contributed by atoms with E-state index in [1.165, 1.54) is 11.3 Å². The molecule has 5 nitrogen and oxygen atoms in total. The van der Waals surface area contributed by atoms with E-state index in [9.17, 15) is 4.79 Å². The van der Waals surface area contributed by atoms with Crippen LogP contribution in [0.2, 0.25) is 0 Å². The lowest BCUT2D eigenvalue weighted by atomic mass is 9.77. The number of benzene rings is 3. The first-order chi connectivity index (χ1) is 17.8. The summed E-state index contributed by atoms with van der Waals surface area (Å²) >= 11 is 3.52. The van der Waals surface area contributed by atoms with E-state index in [1.807, 2.05) is 38.4 Å². The van der Waals surface area contributed by atoms with Crippen molar-refractivity contribution in [3.8, 4) is 0 Å². The predicted octanol–water partition coefficient (Wildman–Crippen LogP) is 7.02. The molecule has 2 unspecified atom stereocenters. The zero-order valence-corrected chi connectivity index (χ0v) is 23.4. The number of allylic oxidation sites excluding steroid dienone is 1. The minimum Gasteiger partial charge on any atom is -0.378 e. The van der Waals surface area contributed by atoms with Crippen molar-refractivity contribution in [2.24, 2.45) is 11.0 Å². The van der Waals surface area contributed by atoms with Gasteiger partial charge in [0.05, 0.1) is 11.8 Å². The molecule has 6 heteroatoms. The zero-order chi connectivity index (χ0) is 26.1. The van der Waals surface area contributed by atoms with Gasteiger partial charge in [0.2, 0.25) is 0 Å². The fourth-order valence-electron chi connectivity index (χ4n) is 5.29. The van der Waals surface area contributed by atoms with E-state index >= 15 is 0 Å². The van der Waals surface area contributed by atoms with Crippen molar-refractivity contribution in [1.29, 1.82) is 0 Å². The fraction of sp³-hybridized carbons (Fsp3) is 0.290. The van der Waals surface area contributed by atoms with Gasteiger partial charge in [-0.1, -0.05) is 46.3 Å². The molecule has 0 N–H and O–H groups in total. The summed E-state index contributed by atoms with van der Waals surface area (Å²) in [6, 6.07) is 24.6. The summed E-state index contributed by atoms with van der Waals surface area (Å²) in [6.45, 7) is 0. The maximum absolute atomic E-state index is 13.8. The van der Waals surface area contributed by atoms with Gasteiger partial charge in [-0.15, -0.1) is 0 Å². The SMILES string of the molecule is CN(C)c1ccc(/C=C2\CCCC3C2=NN(C(=O)c2cccc(Br)c2)C3c2ccc(N(C)C)cc2)cc1. The molecule has 0 aromatic heterocycles. The Morgan fingerprint density at radius 2 is 1.59 bits per heavy atom. The van der Waals surface area contributed by atoms with Crippen LogP contribution < -0.4 is 9.80 Å². The summed E-state index contributed by atoms with van der Waals surface area (Å²) in [5.41, 5.74) is 7.51. The number of hydrogen-bond acceptors (Lipinski definition) is 4. The van der Waals surface area contributed by atoms with Crippen LogP contribution in [-0.4, -0.2) is 44.8 Å². The Hall–Kier alpha value is -3.38. The highest BCUT2D eigenvalue weighted by Gasteiger charge is 2.44. The quantitative estimate of drug-likeness (QED) is 0.339. The van der Waals surface area contributed by atoms with Crippen LogP contribution in [0.1, 0.15) is 46.8 Å². The lowest BCUT2D eigenvalue weighted by Gasteiger charge is -2.30. The van der Waals surface area contributed by atoms with E-state index in [0.29, 0.717) is 5.56 Å². The third-order valence-electron chi connectivity index (χ3n) is 7.28. The molecule has 3 aromatic rings. The van der Waals surface area contributed by atoms with Crippen LogP contribution in [0.5, 0.6) is 0 Å². The number of hydrogen-bond donors (Lipinski definition) is 0. The number of rotatable bonds is 5. The largest absolute Gasteiger partial charge is 0.378 e. The molecule has 1 heterocycles. The number of halogens is 1. The van der Waals surface area contributed by atoms with Gasteiger partial charge in [-0.05, 0) is 84.5 Å². The third kappa shape index (κ3) is 5.21. The molecule has 5 rings (SSSR count). The molecule has 1 fully saturated rings. The van der Waals surface area contributed by atoms with Gasteiger partial charge >= 0.3 is 0 Å². The summed E-state index contributed by atoms with van der Waals surface area (Å²) in [6.07, 6.45) is 5.31. The Morgan fingerprint density at radius 1 is 0.946 bits per heavy atom. The molecule has 1 amide bonds. The number of fused-ring (bicyclic) bond motifs is 1. The Morgan fingerprint density at radius 3 is 2.22 bits per heavy atom. The number of nitrogens with zero attached hydrogens (tertiary/aromatic N) is 4. The molecular weight excluding hydrogens is 524 g/mol. The first-order valence-electron chi connectivity index (χ1n) is 12.7. The van der Waals surface area contributed by atoms with Crippen LogP contribution >= 0.6 is 15.9 Å². The first-order valence-corrected chi connectivity index (χ1v) is 13.5. The Balaban J connectivity index is 1.55. The molecule has 3 aromatic carbocycles. The number of carbonyl (C=O) groups excluding carboxylic acids is 1. The minimum atomic E-state index is -0.127. The van der Waals surface area contributed by atoms with Gasteiger partial charge in [0, 0.05) is 55.5 Å². The molecular formula is C31H33BrN4O. The number of carbonyl (C=O) groups is 1. The van der Waals surface area contributed by atoms with Gasteiger partial charge in [-0.25, -0.2) is 5.01 Å². The summed E-state index contributed by atoms with van der Waals surface area (Å²) in [5, 5.41) is 6.79. The molecule has 1 saturated carbocycles. The van der Waals surface area contributed by atoms with Gasteiger partial charge < -0.3 is 9.80 Å². The number of anilines is 2. The van der Waals surface area contributed by atoms with Gasteiger partial charge in [0.15, 0.2) is 0 Å². The van der Waals surface area contributed by atoms with Crippen molar-refractivity contribution in [2.75, 3.05) is 38.0 Å². The summed E-state index contributed by atoms with van der Waals surface area (Å²) in [7, 11) is 8.18. The van der Waals surface area contributed by atoms with Crippen molar-refractivity contribution >= 4 is 45.0 Å². The molecule has 2 atom stereocenters. The lowest BCUT2D eigenvalue weighted by Crippen LogP contribution is -2.32. The molecule has 0 saturated heterocycles. The maximum Gasteiger partial charge on any atom is 0.274 e. The van der Waals surface area contributed by atoms with Gasteiger partial charge in [0.25, 0.3) is 5.91 Å². The molecule has 1 aliphatic carbocycles. The zero-order valence-electron chi connectivity index (χ0n) is 21.9. The van der Waals surface area contributed by atoms with Crippen LogP contribution in [0.3, 0.4) is 0 Å². The third-order valence-corrected chi connectivity index (χ3v) is 7.78. The van der Waals surface area contributed by atoms with E-state index in [4.69, 9.17) is 5.10 Å². The lowest BCUT2D eigenvalue weighted by molar-refractivity contribution is 0.0681. The van der Waals surface area contributed by atoms with Crippen molar-refractivity contribution in [1.82, 2.24) is 5.01 Å². The Labute approximate surface area is 228 Å². The minimum absolute atomic E-state index is 0.0698. The topological polar surface area (TPSA) is 39.1 Å². The summed E-state index contributed by atoms with van der Waals surface area (Å²) < 4.78 is 0.885. The molecule has 190 valence electrons. The monoisotopic (exact) mass is 556 g/mol. The first kappa shape index (κ1) is 25.3. The average Bonchev–Trinajstić information content (AvgIpc) is 3.29. The normalized spacial score (nSPS) is 20.0. The van der Waals surface area contributed by atoms with Crippen LogP contribution in [0.4, 0.5) is 11.4 Å². The van der Waals surface area contributed by atoms with Crippen molar-refractivity contribution in [3.05, 3.63) is 99.5 Å². The van der Waals surface area contributed by atoms with Crippen LogP contribution in [0.15, 0.2) is 87.9 Å². The highest BCUT2D eigenvalue weighted by Crippen LogP contribution is 2.45. The summed E-state index contributed by atoms with van der Waals surface area (Å²) in [4.78, 5) is 18.0. The second-order valence-corrected chi connectivity index (χ2v) is 11.1. The van der Waals surface area contributed by atoms with Crippen molar-refractivity contribution in [3.63, 3.8) is 0 Å². The maximum atomic E-state index is 13.8. The molecule has 2 aliphatic rings. The second-order valence-electron chi connectivity index (χ2n) is 10.2. The fourth-order valence-corrected chi connectivity index (χ4v) is 5.69. The van der Waals surface area contributed by atoms with Crippen molar-refractivity contribution in [2.45, 2.75) is 25.3 Å². The predicted molar refractivity (Wildman–Crippen MR) is 157 cm³/mol. The van der Waals surface area contributed by atoms with E-state index in [1.54, 1.807) is 5.01 Å². The molecule has 0 radical (unpaired) electrons. The highest BCUT2D eigenvalue weighted by molar-refractivity contribution is 9.10. The molecule has 0 spiro atoms. The average molecular weight is 558 g/mol. The van der Waals surface area contributed by atoms with Gasteiger partial charge in [-0.3, -0.25) is 4.79 Å². The molecule has 1 aliphatic heterocycles. The number of amides is 1. The number of hydrazone groups is 1. The molecule has 0 bridgehead atoms. The molecule has 37 heavy (non-hydrogen) atoms. The highest BCUT2D eigenvalue weighted by atomic mass is 79.9. The van der Waals surface area contributed by atoms with E-state index in [0.717, 1.165) is 46.3 Å². The summed E-state index contributed by atoms with van der Waals surface area (Å²) in [5.74, 6) is 0.0990. The van der Waals surface area contributed by atoms with E-state index < -0.39 is 0 Å². The van der Waals surface area contributed by atoms with Gasteiger partial charge in [0.1, 0.15) is 0 Å². The van der Waals surface area contributed by atoms with Crippen LogP contribution in [-0.2, 0) is 0 Å². The Kier molecular flexibility index (Phi) is 7.20. The van der Waals surface area contributed by atoms with Crippen LogP contribution in [0, 0.1) is 5.92 Å². The van der Waals surface area contributed by atoms with Gasteiger partial charge in [-0.2, -0.15) is 5.10 Å². The Bertz CT molecular complexity index is 1340. The van der Waals surface area contributed by atoms with E-state index in [-0.39, 0.29) is 17.9 Å². The van der Waals surface area contributed by atoms with Crippen molar-refractivity contribution < 1.29 is 4.79 Å². The van der Waals surface area contributed by atoms with E-state index in [2.05, 4.69) is 94.4 Å². The smallest absolute Gasteiger partial charge is 0.274 e. The second kappa shape index (κ2) is 10.5. The standard InChI is InChI=1S/C31H33BrN4O/c1-34(2)26-15-11-21(12-16-26)19-23-7-6-10-28-29(23)33-36(31(37)24-8-5-9-25(32)20-24)30(28)22-13-17-27(18-14-22)35(3)4/h5,8-9,11-20,28,30H,6-7,10H2,1-4H3/b23-19+.